The van der Waals surface area contributed by atoms with E-state index in [1.54, 1.807) is 43.4 Å². The molecule has 0 aromatic heterocycles. The minimum Gasteiger partial charge on any atom is -0.481 e. The fourth-order valence-electron chi connectivity index (χ4n) is 3.46. The second-order valence-corrected chi connectivity index (χ2v) is 9.19. The van der Waals surface area contributed by atoms with Gasteiger partial charge in [-0.1, -0.05) is 39.0 Å². The Morgan fingerprint density at radius 2 is 1.48 bits per heavy atom. The second kappa shape index (κ2) is 17.3. The summed E-state index contributed by atoms with van der Waals surface area (Å²) >= 11 is 1.34. The molecule has 0 saturated heterocycles. The fraction of sp³-hybridized carbons (Fsp3) is 0.276. The molecule has 0 spiro atoms. The number of hydrogen-bond donors (Lipinski definition) is 7. The first-order valence-electron chi connectivity index (χ1n) is 13.1. The van der Waals surface area contributed by atoms with Gasteiger partial charge in [0.15, 0.2) is 0 Å². The molecule has 0 aliphatic heterocycles. The summed E-state index contributed by atoms with van der Waals surface area (Å²) in [4.78, 5) is 36.9. The number of anilines is 4. The molecule has 1 unspecified atom stereocenters. The van der Waals surface area contributed by atoms with Crippen molar-refractivity contribution in [2.75, 3.05) is 34.3 Å². The number of amides is 4. The van der Waals surface area contributed by atoms with Gasteiger partial charge >= 0.3 is 18.0 Å². The Morgan fingerprint density at radius 1 is 0.825 bits per heavy atom. The standard InChI is InChI=1S/C27H32N6O4S.C2H6/c1-3-14-29-26(36)31-21-7-5-9-23(16-21)38-33-22-8-4-6-18(15-22)24(17-25(34)35)32-27(37)30-20-12-10-19(28-2)11-13-20;1-2/h4-13,15-16,24,28,33H,3,14,17H2,1-2H3,(H,34,35)(H2,29,31,36)(H2,30,32,37);1-2H3. The highest BCUT2D eigenvalue weighted by atomic mass is 32.2. The molecule has 0 bridgehead atoms. The highest BCUT2D eigenvalue weighted by molar-refractivity contribution is 8.00. The van der Waals surface area contributed by atoms with Gasteiger partial charge in [0.2, 0.25) is 0 Å². The third kappa shape index (κ3) is 11.2. The first kappa shape index (κ1) is 31.8. The molecular formula is C29H38N6O4S. The number of carbonyl (C=O) groups excluding carboxylic acids is 2. The summed E-state index contributed by atoms with van der Waals surface area (Å²) in [6.07, 6.45) is 0.571. The Labute approximate surface area is 239 Å². The highest BCUT2D eigenvalue weighted by Gasteiger charge is 2.19. The topological polar surface area (TPSA) is 144 Å². The largest absolute Gasteiger partial charge is 0.481 e. The van der Waals surface area contributed by atoms with E-state index in [2.05, 4.69) is 31.3 Å². The Morgan fingerprint density at radius 3 is 2.15 bits per heavy atom. The van der Waals surface area contributed by atoms with Gasteiger partial charge in [-0.25, -0.2) is 9.59 Å². The zero-order chi connectivity index (χ0) is 29.3. The van der Waals surface area contributed by atoms with E-state index in [1.165, 1.54) is 11.9 Å². The van der Waals surface area contributed by atoms with Crippen molar-refractivity contribution in [2.24, 2.45) is 0 Å². The molecule has 3 aromatic rings. The molecule has 40 heavy (non-hydrogen) atoms. The molecule has 7 N–H and O–H groups in total. The van der Waals surface area contributed by atoms with Crippen LogP contribution >= 0.6 is 11.9 Å². The van der Waals surface area contributed by atoms with E-state index in [0.29, 0.717) is 23.5 Å². The smallest absolute Gasteiger partial charge is 0.319 e. The normalized spacial score (nSPS) is 10.7. The summed E-state index contributed by atoms with van der Waals surface area (Å²) < 4.78 is 3.23. The van der Waals surface area contributed by atoms with Gasteiger partial charge in [0.25, 0.3) is 0 Å². The van der Waals surface area contributed by atoms with Crippen LogP contribution < -0.4 is 31.3 Å². The molecule has 0 aliphatic carbocycles. The first-order chi connectivity index (χ1) is 19.4. The maximum atomic E-state index is 12.6. The summed E-state index contributed by atoms with van der Waals surface area (Å²) in [7, 11) is 1.80. The summed E-state index contributed by atoms with van der Waals surface area (Å²) in [5.74, 6) is -1.03. The van der Waals surface area contributed by atoms with Crippen molar-refractivity contribution in [3.63, 3.8) is 0 Å². The van der Waals surface area contributed by atoms with Crippen LogP contribution in [-0.4, -0.2) is 36.7 Å². The van der Waals surface area contributed by atoms with Gasteiger partial charge < -0.3 is 36.4 Å². The molecular weight excluding hydrogens is 528 g/mol. The van der Waals surface area contributed by atoms with E-state index < -0.39 is 18.0 Å². The maximum Gasteiger partial charge on any atom is 0.319 e. The summed E-state index contributed by atoms with van der Waals surface area (Å²) in [5, 5.41) is 23.5. The number of benzene rings is 3. The van der Waals surface area contributed by atoms with Crippen molar-refractivity contribution in [2.45, 2.75) is 44.6 Å². The predicted octanol–water partition coefficient (Wildman–Crippen LogP) is 6.74. The molecule has 10 nitrogen and oxygen atoms in total. The van der Waals surface area contributed by atoms with Crippen LogP contribution in [0.15, 0.2) is 77.7 Å². The van der Waals surface area contributed by atoms with Gasteiger partial charge in [0, 0.05) is 41.2 Å². The van der Waals surface area contributed by atoms with Crippen molar-refractivity contribution in [1.29, 1.82) is 0 Å². The Hall–Kier alpha value is -4.38. The summed E-state index contributed by atoms with van der Waals surface area (Å²) in [6, 6.07) is 20.2. The van der Waals surface area contributed by atoms with Gasteiger partial charge in [-0.05, 0) is 78.5 Å². The number of nitrogens with one attached hydrogen (secondary N) is 6. The average Bonchev–Trinajstić information content (AvgIpc) is 2.96. The number of carboxylic acids is 1. The van der Waals surface area contributed by atoms with E-state index in [1.807, 2.05) is 57.2 Å². The molecule has 4 amide bonds. The lowest BCUT2D eigenvalue weighted by molar-refractivity contribution is -0.137. The van der Waals surface area contributed by atoms with Crippen molar-refractivity contribution >= 4 is 52.7 Å². The van der Waals surface area contributed by atoms with Crippen molar-refractivity contribution in [3.05, 3.63) is 78.4 Å². The zero-order valence-corrected chi connectivity index (χ0v) is 24.0. The molecule has 0 fully saturated rings. The lowest BCUT2D eigenvalue weighted by atomic mass is 10.0. The number of aliphatic carboxylic acids is 1. The van der Waals surface area contributed by atoms with Crippen LogP contribution in [0.2, 0.25) is 0 Å². The average molecular weight is 567 g/mol. The van der Waals surface area contributed by atoms with E-state index in [9.17, 15) is 19.5 Å². The molecule has 214 valence electrons. The number of hydrogen-bond acceptors (Lipinski definition) is 6. The van der Waals surface area contributed by atoms with Gasteiger partial charge in [0.1, 0.15) is 0 Å². The number of urea groups is 2. The fourth-order valence-corrected chi connectivity index (χ4v) is 4.16. The van der Waals surface area contributed by atoms with Crippen molar-refractivity contribution in [1.82, 2.24) is 10.6 Å². The first-order valence-corrected chi connectivity index (χ1v) is 13.9. The van der Waals surface area contributed by atoms with E-state index in [-0.39, 0.29) is 12.5 Å². The monoisotopic (exact) mass is 566 g/mol. The van der Waals surface area contributed by atoms with E-state index >= 15 is 0 Å². The van der Waals surface area contributed by atoms with Crippen LogP contribution in [0.3, 0.4) is 0 Å². The molecule has 3 rings (SSSR count). The van der Waals surface area contributed by atoms with E-state index in [4.69, 9.17) is 0 Å². The van der Waals surface area contributed by atoms with Crippen LogP contribution in [0.1, 0.15) is 45.2 Å². The predicted molar refractivity (Wildman–Crippen MR) is 164 cm³/mol. The number of carboxylic acid groups (broad SMARTS) is 1. The lowest BCUT2D eigenvalue weighted by Gasteiger charge is -2.19. The SMILES string of the molecule is CC.CCCNC(=O)Nc1cccc(SNc2cccc(C(CC(=O)O)NC(=O)Nc3ccc(NC)cc3)c2)c1. The van der Waals surface area contributed by atoms with E-state index in [0.717, 1.165) is 22.7 Å². The molecule has 0 radical (unpaired) electrons. The number of carbonyl (C=O) groups is 3. The second-order valence-electron chi connectivity index (χ2n) is 8.31. The highest BCUT2D eigenvalue weighted by Crippen LogP contribution is 2.27. The summed E-state index contributed by atoms with van der Waals surface area (Å²) in [6.45, 7) is 6.58. The van der Waals surface area contributed by atoms with Crippen LogP contribution in [0.5, 0.6) is 0 Å². The van der Waals surface area contributed by atoms with Crippen molar-refractivity contribution in [3.8, 4) is 0 Å². The van der Waals surface area contributed by atoms with Crippen LogP contribution in [-0.2, 0) is 4.79 Å². The Bertz CT molecular complexity index is 1240. The van der Waals surface area contributed by atoms with Gasteiger partial charge in [-0.3, -0.25) is 4.79 Å². The third-order valence-electron chi connectivity index (χ3n) is 5.32. The van der Waals surface area contributed by atoms with Gasteiger partial charge in [0.05, 0.1) is 12.5 Å². The zero-order valence-electron chi connectivity index (χ0n) is 23.2. The van der Waals surface area contributed by atoms with Crippen LogP contribution in [0.25, 0.3) is 0 Å². The van der Waals surface area contributed by atoms with Crippen LogP contribution in [0.4, 0.5) is 32.3 Å². The number of rotatable bonds is 12. The maximum absolute atomic E-state index is 12.6. The Kier molecular flexibility index (Phi) is 13.7. The van der Waals surface area contributed by atoms with Crippen LogP contribution in [0, 0.1) is 0 Å². The molecule has 0 saturated carbocycles. The quantitative estimate of drug-likeness (QED) is 0.120. The van der Waals surface area contributed by atoms with Gasteiger partial charge in [-0.15, -0.1) is 0 Å². The van der Waals surface area contributed by atoms with Crippen molar-refractivity contribution < 1.29 is 19.5 Å². The molecule has 1 atom stereocenters. The lowest BCUT2D eigenvalue weighted by Crippen LogP contribution is -2.33. The Balaban J connectivity index is 0.00000274. The molecule has 0 heterocycles. The molecule has 0 aliphatic rings. The minimum atomic E-state index is -1.03. The third-order valence-corrected chi connectivity index (χ3v) is 6.15. The summed E-state index contributed by atoms with van der Waals surface area (Å²) in [5.41, 5.74) is 3.52. The minimum absolute atomic E-state index is 0.259. The molecule has 3 aromatic carbocycles. The van der Waals surface area contributed by atoms with Gasteiger partial charge in [-0.2, -0.15) is 0 Å². The molecule has 11 heteroatoms.